The Morgan fingerprint density at radius 1 is 1.24 bits per heavy atom. The topological polar surface area (TPSA) is 42.2 Å². The molecule has 2 aromatic rings. The summed E-state index contributed by atoms with van der Waals surface area (Å²) in [6.07, 6.45) is 0. The number of hydrogen-bond donors (Lipinski definition) is 1. The highest BCUT2D eigenvalue weighted by Gasteiger charge is 2.18. The predicted molar refractivity (Wildman–Crippen MR) is 94.4 cm³/mol. The fourth-order valence-electron chi connectivity index (χ4n) is 2.21. The van der Waals surface area contributed by atoms with E-state index in [1.807, 2.05) is 0 Å². The Morgan fingerprint density at radius 3 is 2.43 bits per heavy atom. The van der Waals surface area contributed by atoms with Crippen molar-refractivity contribution >= 4 is 23.7 Å². The van der Waals surface area contributed by atoms with E-state index in [1.165, 1.54) is 16.0 Å². The molecular formula is C16H24ClN3S. The molecule has 0 amide bonds. The van der Waals surface area contributed by atoms with Crippen LogP contribution in [0.4, 0.5) is 0 Å². The van der Waals surface area contributed by atoms with Crippen LogP contribution in [0.15, 0.2) is 24.3 Å². The molecule has 0 aliphatic rings. The van der Waals surface area contributed by atoms with Gasteiger partial charge in [0.25, 0.3) is 0 Å². The van der Waals surface area contributed by atoms with Gasteiger partial charge < -0.3 is 5.73 Å². The molecule has 0 saturated carbocycles. The van der Waals surface area contributed by atoms with E-state index in [0.29, 0.717) is 12.6 Å². The van der Waals surface area contributed by atoms with Gasteiger partial charge in [-0.15, -0.1) is 23.7 Å². The number of thiazole rings is 1. The largest absolute Gasteiger partial charge is 0.329 e. The number of nitrogens with two attached hydrogens (primary N) is 1. The number of likely N-dealkylation sites (N-methyl/N-ethyl adjacent to an activating group) is 1. The number of hydrogen-bond acceptors (Lipinski definition) is 4. The van der Waals surface area contributed by atoms with Crippen LogP contribution in [0.3, 0.4) is 0 Å². The molecule has 1 unspecified atom stereocenters. The molecule has 1 aromatic carbocycles. The number of nitrogens with zero attached hydrogens (tertiary/aromatic N) is 2. The normalized spacial score (nSPS) is 12.3. The molecule has 0 saturated heterocycles. The summed E-state index contributed by atoms with van der Waals surface area (Å²) in [4.78, 5) is 8.34. The van der Waals surface area contributed by atoms with Gasteiger partial charge in [-0.25, -0.2) is 4.98 Å². The minimum atomic E-state index is 0. The first kappa shape index (κ1) is 18.1. The molecule has 0 fully saturated rings. The van der Waals surface area contributed by atoms with E-state index in [-0.39, 0.29) is 12.4 Å². The Morgan fingerprint density at radius 2 is 1.86 bits per heavy atom. The van der Waals surface area contributed by atoms with Crippen LogP contribution in [-0.4, -0.2) is 30.0 Å². The lowest BCUT2D eigenvalue weighted by atomic mass is 10.2. The van der Waals surface area contributed by atoms with Crippen LogP contribution in [0.2, 0.25) is 0 Å². The molecule has 116 valence electrons. The summed E-state index contributed by atoms with van der Waals surface area (Å²) >= 11 is 1.79. The SMILES string of the molecule is Cc1ccc(-c2nc(C)c(C(C)N(C)CCN)s2)cc1.Cl. The van der Waals surface area contributed by atoms with Crippen molar-refractivity contribution in [2.24, 2.45) is 5.73 Å². The number of halogens is 1. The van der Waals surface area contributed by atoms with Gasteiger partial charge in [0, 0.05) is 29.6 Å². The molecule has 3 nitrogen and oxygen atoms in total. The first-order chi connectivity index (χ1) is 9.52. The lowest BCUT2D eigenvalue weighted by molar-refractivity contribution is 0.271. The van der Waals surface area contributed by atoms with Crippen molar-refractivity contribution in [1.29, 1.82) is 0 Å². The molecule has 0 aliphatic carbocycles. The molecule has 0 bridgehead atoms. The highest BCUT2D eigenvalue weighted by molar-refractivity contribution is 7.15. The summed E-state index contributed by atoms with van der Waals surface area (Å²) in [6.45, 7) is 8.00. The van der Waals surface area contributed by atoms with Crippen LogP contribution >= 0.6 is 23.7 Å². The maximum atomic E-state index is 5.64. The van der Waals surface area contributed by atoms with Gasteiger partial charge in [0.15, 0.2) is 0 Å². The number of rotatable bonds is 5. The molecule has 1 atom stereocenters. The van der Waals surface area contributed by atoms with E-state index >= 15 is 0 Å². The Bertz CT molecular complexity index is 565. The molecule has 1 heterocycles. The Balaban J connectivity index is 0.00000220. The summed E-state index contributed by atoms with van der Waals surface area (Å²) in [5, 5.41) is 1.10. The Labute approximate surface area is 137 Å². The van der Waals surface area contributed by atoms with Gasteiger partial charge in [0.05, 0.1) is 5.69 Å². The third kappa shape index (κ3) is 4.27. The smallest absolute Gasteiger partial charge is 0.123 e. The third-order valence-electron chi connectivity index (χ3n) is 3.65. The summed E-state index contributed by atoms with van der Waals surface area (Å²) in [6, 6.07) is 8.91. The van der Waals surface area contributed by atoms with Gasteiger partial charge in [0.1, 0.15) is 5.01 Å². The van der Waals surface area contributed by atoms with Crippen molar-refractivity contribution in [3.63, 3.8) is 0 Å². The fraction of sp³-hybridized carbons (Fsp3) is 0.438. The predicted octanol–water partition coefficient (Wildman–Crippen LogP) is 3.80. The van der Waals surface area contributed by atoms with E-state index < -0.39 is 0 Å². The highest BCUT2D eigenvalue weighted by Crippen LogP contribution is 2.33. The van der Waals surface area contributed by atoms with Crippen LogP contribution in [0, 0.1) is 13.8 Å². The van der Waals surface area contributed by atoms with Gasteiger partial charge in [-0.3, -0.25) is 4.90 Å². The van der Waals surface area contributed by atoms with Gasteiger partial charge >= 0.3 is 0 Å². The second-order valence-corrected chi connectivity index (χ2v) is 6.31. The summed E-state index contributed by atoms with van der Waals surface area (Å²) in [5.41, 5.74) is 9.24. The maximum Gasteiger partial charge on any atom is 0.123 e. The third-order valence-corrected chi connectivity index (χ3v) is 5.03. The van der Waals surface area contributed by atoms with Crippen LogP contribution in [0.1, 0.15) is 29.1 Å². The second-order valence-electron chi connectivity index (χ2n) is 5.28. The van der Waals surface area contributed by atoms with Gasteiger partial charge in [-0.2, -0.15) is 0 Å². The van der Waals surface area contributed by atoms with Gasteiger partial charge in [-0.1, -0.05) is 29.8 Å². The monoisotopic (exact) mass is 325 g/mol. The van der Waals surface area contributed by atoms with E-state index in [9.17, 15) is 0 Å². The summed E-state index contributed by atoms with van der Waals surface area (Å²) in [7, 11) is 2.11. The van der Waals surface area contributed by atoms with E-state index in [4.69, 9.17) is 10.7 Å². The standard InChI is InChI=1S/C16H23N3S.ClH/c1-11-5-7-14(8-6-11)16-18-12(2)15(20-16)13(3)19(4)10-9-17;/h5-8,13H,9-10,17H2,1-4H3;1H. The van der Waals surface area contributed by atoms with Crippen LogP contribution in [0.25, 0.3) is 10.6 Å². The van der Waals surface area contributed by atoms with Crippen molar-refractivity contribution in [3.05, 3.63) is 40.4 Å². The molecule has 21 heavy (non-hydrogen) atoms. The zero-order valence-corrected chi connectivity index (χ0v) is 14.7. The quantitative estimate of drug-likeness (QED) is 0.909. The van der Waals surface area contributed by atoms with Crippen molar-refractivity contribution in [3.8, 4) is 10.6 Å². The molecule has 5 heteroatoms. The summed E-state index contributed by atoms with van der Waals surface area (Å²) < 4.78 is 0. The number of aromatic nitrogens is 1. The molecule has 0 aliphatic heterocycles. The molecule has 2 rings (SSSR count). The maximum absolute atomic E-state index is 5.64. The van der Waals surface area contributed by atoms with Gasteiger partial charge in [0.2, 0.25) is 0 Å². The Kier molecular flexibility index (Phi) is 6.81. The number of aryl methyl sites for hydroxylation is 2. The van der Waals surface area contributed by atoms with Gasteiger partial charge in [-0.05, 0) is 27.8 Å². The van der Waals surface area contributed by atoms with Crippen molar-refractivity contribution in [2.45, 2.75) is 26.8 Å². The molecule has 0 radical (unpaired) electrons. The zero-order valence-electron chi connectivity index (χ0n) is 13.1. The molecular weight excluding hydrogens is 302 g/mol. The average Bonchev–Trinajstić information content (AvgIpc) is 2.81. The lowest BCUT2D eigenvalue weighted by Gasteiger charge is -2.23. The first-order valence-corrected chi connectivity index (χ1v) is 7.79. The van der Waals surface area contributed by atoms with Crippen molar-refractivity contribution in [2.75, 3.05) is 20.1 Å². The van der Waals surface area contributed by atoms with Crippen molar-refractivity contribution in [1.82, 2.24) is 9.88 Å². The van der Waals surface area contributed by atoms with Crippen LogP contribution < -0.4 is 5.73 Å². The minimum absolute atomic E-state index is 0. The molecule has 2 N–H and O–H groups in total. The average molecular weight is 326 g/mol. The zero-order chi connectivity index (χ0) is 14.7. The molecule has 0 spiro atoms. The van der Waals surface area contributed by atoms with E-state index in [0.717, 1.165) is 17.2 Å². The molecule has 1 aromatic heterocycles. The van der Waals surface area contributed by atoms with Crippen LogP contribution in [-0.2, 0) is 0 Å². The highest BCUT2D eigenvalue weighted by atomic mass is 35.5. The number of benzene rings is 1. The van der Waals surface area contributed by atoms with Crippen LogP contribution in [0.5, 0.6) is 0 Å². The second kappa shape index (κ2) is 7.90. The first-order valence-electron chi connectivity index (χ1n) is 6.97. The summed E-state index contributed by atoms with van der Waals surface area (Å²) in [5.74, 6) is 0. The van der Waals surface area contributed by atoms with E-state index in [2.05, 4.69) is 57.0 Å². The minimum Gasteiger partial charge on any atom is -0.329 e. The fourth-order valence-corrected chi connectivity index (χ4v) is 3.40. The lowest BCUT2D eigenvalue weighted by Crippen LogP contribution is -2.28. The van der Waals surface area contributed by atoms with Crippen molar-refractivity contribution < 1.29 is 0 Å². The Hall–Kier alpha value is -0.940. The van der Waals surface area contributed by atoms with E-state index in [1.54, 1.807) is 11.3 Å².